The second-order valence-corrected chi connectivity index (χ2v) is 5.01. The fraction of sp³-hybridized carbons (Fsp3) is 0.188. The number of nitro groups is 1. The van der Waals surface area contributed by atoms with Gasteiger partial charge in [0.25, 0.3) is 11.6 Å². The molecular weight excluding hydrogens is 287 g/mol. The fourth-order valence-corrected chi connectivity index (χ4v) is 2.11. The number of carbonyl (C=O) groups is 1. The molecule has 2 rings (SSSR count). The van der Waals surface area contributed by atoms with E-state index in [2.05, 4.69) is 0 Å². The molecule has 1 amide bonds. The zero-order valence-corrected chi connectivity index (χ0v) is 12.2. The number of benzene rings is 2. The lowest BCUT2D eigenvalue weighted by atomic mass is 10.1. The van der Waals surface area contributed by atoms with E-state index in [0.717, 1.165) is 0 Å². The predicted octanol–water partition coefficient (Wildman–Crippen LogP) is 3.31. The SMILES string of the molecule is Cc1ccc(C(=O)N(C)Cc2ccccc2F)cc1[N+](=O)[O-]. The van der Waals surface area contributed by atoms with Crippen molar-refractivity contribution in [1.82, 2.24) is 4.90 Å². The van der Waals surface area contributed by atoms with Gasteiger partial charge in [-0.1, -0.05) is 24.3 Å². The van der Waals surface area contributed by atoms with E-state index in [9.17, 15) is 19.3 Å². The van der Waals surface area contributed by atoms with Gasteiger partial charge in [-0.25, -0.2) is 4.39 Å². The van der Waals surface area contributed by atoms with Gasteiger partial charge in [0.15, 0.2) is 0 Å². The number of carbonyl (C=O) groups excluding carboxylic acids is 1. The highest BCUT2D eigenvalue weighted by atomic mass is 19.1. The van der Waals surface area contributed by atoms with Crippen molar-refractivity contribution in [2.24, 2.45) is 0 Å². The molecule has 0 bridgehead atoms. The molecule has 0 fully saturated rings. The highest BCUT2D eigenvalue weighted by Gasteiger charge is 2.18. The summed E-state index contributed by atoms with van der Waals surface area (Å²) < 4.78 is 13.6. The van der Waals surface area contributed by atoms with Gasteiger partial charge in [-0.2, -0.15) is 0 Å². The van der Waals surface area contributed by atoms with Gasteiger partial charge in [-0.05, 0) is 19.1 Å². The van der Waals surface area contributed by atoms with Gasteiger partial charge in [0.05, 0.1) is 4.92 Å². The molecule has 0 aromatic heterocycles. The summed E-state index contributed by atoms with van der Waals surface area (Å²) in [5, 5.41) is 10.9. The van der Waals surface area contributed by atoms with Crippen LogP contribution in [0, 0.1) is 22.9 Å². The summed E-state index contributed by atoms with van der Waals surface area (Å²) in [6.07, 6.45) is 0. The molecular formula is C16H15FN2O3. The van der Waals surface area contributed by atoms with Crippen LogP contribution < -0.4 is 0 Å². The van der Waals surface area contributed by atoms with Crippen molar-refractivity contribution in [2.45, 2.75) is 13.5 Å². The third-order valence-corrected chi connectivity index (χ3v) is 3.36. The molecule has 0 atom stereocenters. The van der Waals surface area contributed by atoms with E-state index in [0.29, 0.717) is 11.1 Å². The van der Waals surface area contributed by atoms with Crippen molar-refractivity contribution in [3.8, 4) is 0 Å². The largest absolute Gasteiger partial charge is 0.337 e. The Bertz CT molecular complexity index is 731. The average molecular weight is 302 g/mol. The molecule has 22 heavy (non-hydrogen) atoms. The van der Waals surface area contributed by atoms with Crippen LogP contribution in [0.1, 0.15) is 21.5 Å². The average Bonchev–Trinajstić information content (AvgIpc) is 2.49. The number of hydrogen-bond donors (Lipinski definition) is 0. The summed E-state index contributed by atoms with van der Waals surface area (Å²) in [4.78, 5) is 24.1. The third-order valence-electron chi connectivity index (χ3n) is 3.36. The van der Waals surface area contributed by atoms with E-state index in [1.807, 2.05) is 0 Å². The van der Waals surface area contributed by atoms with Crippen LogP contribution in [-0.2, 0) is 6.54 Å². The van der Waals surface area contributed by atoms with E-state index < -0.39 is 16.6 Å². The number of rotatable bonds is 4. The molecule has 0 saturated heterocycles. The van der Waals surface area contributed by atoms with Crippen LogP contribution in [0.15, 0.2) is 42.5 Å². The third kappa shape index (κ3) is 3.28. The molecule has 5 nitrogen and oxygen atoms in total. The lowest BCUT2D eigenvalue weighted by Gasteiger charge is -2.17. The summed E-state index contributed by atoms with van der Waals surface area (Å²) in [5.41, 5.74) is 0.972. The lowest BCUT2D eigenvalue weighted by molar-refractivity contribution is -0.385. The maximum atomic E-state index is 13.6. The second-order valence-electron chi connectivity index (χ2n) is 5.01. The molecule has 2 aromatic carbocycles. The summed E-state index contributed by atoms with van der Waals surface area (Å²) in [7, 11) is 1.53. The Morgan fingerprint density at radius 2 is 1.95 bits per heavy atom. The summed E-state index contributed by atoms with van der Waals surface area (Å²) >= 11 is 0. The molecule has 0 saturated carbocycles. The van der Waals surface area contributed by atoms with Crippen molar-refractivity contribution in [1.29, 1.82) is 0 Å². The number of amides is 1. The first-order valence-corrected chi connectivity index (χ1v) is 6.64. The Morgan fingerprint density at radius 3 is 2.59 bits per heavy atom. The number of nitrogens with zero attached hydrogens (tertiary/aromatic N) is 2. The number of aryl methyl sites for hydroxylation is 1. The van der Waals surface area contributed by atoms with Gasteiger partial charge in [0.1, 0.15) is 5.82 Å². The zero-order chi connectivity index (χ0) is 16.3. The smallest absolute Gasteiger partial charge is 0.273 e. The zero-order valence-electron chi connectivity index (χ0n) is 12.2. The molecule has 0 spiro atoms. The van der Waals surface area contributed by atoms with Crippen LogP contribution in [0.4, 0.5) is 10.1 Å². The molecule has 6 heteroatoms. The minimum absolute atomic E-state index is 0.0905. The highest BCUT2D eigenvalue weighted by molar-refractivity contribution is 5.94. The van der Waals surface area contributed by atoms with Crippen molar-refractivity contribution >= 4 is 11.6 Å². The van der Waals surface area contributed by atoms with Gasteiger partial charge < -0.3 is 4.90 Å². The van der Waals surface area contributed by atoms with Crippen LogP contribution in [0.2, 0.25) is 0 Å². The van der Waals surface area contributed by atoms with Crippen LogP contribution in [-0.4, -0.2) is 22.8 Å². The molecule has 0 aliphatic heterocycles. The molecule has 0 unspecified atom stereocenters. The van der Waals surface area contributed by atoms with E-state index in [-0.39, 0.29) is 17.8 Å². The van der Waals surface area contributed by atoms with Gasteiger partial charge in [0, 0.05) is 36.3 Å². The molecule has 0 heterocycles. The molecule has 2 aromatic rings. The van der Waals surface area contributed by atoms with Gasteiger partial charge in [0.2, 0.25) is 0 Å². The van der Waals surface area contributed by atoms with Crippen LogP contribution in [0.25, 0.3) is 0 Å². The van der Waals surface area contributed by atoms with Crippen LogP contribution in [0.5, 0.6) is 0 Å². The standard InChI is InChI=1S/C16H15FN2O3/c1-11-7-8-12(9-15(11)19(21)22)16(20)18(2)10-13-5-3-4-6-14(13)17/h3-9H,10H2,1-2H3. The Labute approximate surface area is 127 Å². The molecule has 0 aliphatic carbocycles. The maximum Gasteiger partial charge on any atom is 0.273 e. The Morgan fingerprint density at radius 1 is 1.27 bits per heavy atom. The maximum absolute atomic E-state index is 13.6. The van der Waals surface area contributed by atoms with E-state index in [1.54, 1.807) is 25.1 Å². The number of hydrogen-bond acceptors (Lipinski definition) is 3. The minimum Gasteiger partial charge on any atom is -0.337 e. The van der Waals surface area contributed by atoms with Crippen molar-refractivity contribution in [3.05, 3.63) is 75.1 Å². The first-order chi connectivity index (χ1) is 10.4. The highest BCUT2D eigenvalue weighted by Crippen LogP contribution is 2.20. The van der Waals surface area contributed by atoms with Gasteiger partial charge in [-0.15, -0.1) is 0 Å². The lowest BCUT2D eigenvalue weighted by Crippen LogP contribution is -2.26. The molecule has 0 radical (unpaired) electrons. The summed E-state index contributed by atoms with van der Waals surface area (Å²) in [6.45, 7) is 1.70. The molecule has 0 N–H and O–H groups in total. The normalized spacial score (nSPS) is 10.3. The monoisotopic (exact) mass is 302 g/mol. The van der Waals surface area contributed by atoms with Gasteiger partial charge in [-0.3, -0.25) is 14.9 Å². The molecule has 114 valence electrons. The first kappa shape index (κ1) is 15.6. The van der Waals surface area contributed by atoms with Crippen molar-refractivity contribution in [3.63, 3.8) is 0 Å². The minimum atomic E-state index is -0.525. The number of halogens is 1. The Balaban J connectivity index is 2.23. The van der Waals surface area contributed by atoms with Crippen LogP contribution >= 0.6 is 0 Å². The van der Waals surface area contributed by atoms with Gasteiger partial charge >= 0.3 is 0 Å². The van der Waals surface area contributed by atoms with Crippen LogP contribution in [0.3, 0.4) is 0 Å². The van der Waals surface area contributed by atoms with Crippen molar-refractivity contribution in [2.75, 3.05) is 7.05 Å². The summed E-state index contributed by atoms with van der Waals surface area (Å²) in [6, 6.07) is 10.5. The topological polar surface area (TPSA) is 63.5 Å². The molecule has 0 aliphatic rings. The fourth-order valence-electron chi connectivity index (χ4n) is 2.11. The second kappa shape index (κ2) is 6.34. The van der Waals surface area contributed by atoms with E-state index in [1.165, 1.54) is 36.2 Å². The summed E-state index contributed by atoms with van der Waals surface area (Å²) in [5.74, 6) is -0.789. The number of nitro benzene ring substituents is 1. The van der Waals surface area contributed by atoms with E-state index >= 15 is 0 Å². The first-order valence-electron chi connectivity index (χ1n) is 6.64. The Kier molecular flexibility index (Phi) is 4.50. The predicted molar refractivity (Wildman–Crippen MR) is 80.0 cm³/mol. The van der Waals surface area contributed by atoms with E-state index in [4.69, 9.17) is 0 Å². The van der Waals surface area contributed by atoms with Crippen molar-refractivity contribution < 1.29 is 14.1 Å². The quantitative estimate of drug-likeness (QED) is 0.643. The Hall–Kier alpha value is -2.76.